The molecule has 2 N–H and O–H groups in total. The summed E-state index contributed by atoms with van der Waals surface area (Å²) in [6.45, 7) is 8.62. The Morgan fingerprint density at radius 2 is 1.60 bits per heavy atom. The third-order valence-corrected chi connectivity index (χ3v) is 6.13. The molecule has 1 aromatic rings. The molecular weight excluding hydrogens is 452 g/mol. The first-order valence-corrected chi connectivity index (χ1v) is 12.0. The highest BCUT2D eigenvalue weighted by molar-refractivity contribution is 6.22. The number of alkyl carbamates (subject to hydrolysis) is 1. The SMILES string of the molecule is CC(C(=O)NCC1CCN(C(=O)CCNC(=O)OC(C)(C)C)CC1)N1C(=O)c2ccccc2C1=O. The second-order valence-electron chi connectivity index (χ2n) is 9.95. The molecule has 2 heterocycles. The summed E-state index contributed by atoms with van der Waals surface area (Å²) in [5.41, 5.74) is 0.0410. The van der Waals surface area contributed by atoms with Crippen LogP contribution in [0.4, 0.5) is 4.79 Å². The van der Waals surface area contributed by atoms with Crippen molar-refractivity contribution in [3.8, 4) is 0 Å². The Bertz CT molecular complexity index is 959. The number of nitrogens with one attached hydrogen (secondary N) is 2. The minimum Gasteiger partial charge on any atom is -0.444 e. The van der Waals surface area contributed by atoms with Gasteiger partial charge in [0.1, 0.15) is 11.6 Å². The van der Waals surface area contributed by atoms with E-state index in [2.05, 4.69) is 10.6 Å². The Kier molecular flexibility index (Phi) is 8.14. The lowest BCUT2D eigenvalue weighted by atomic mass is 9.96. The predicted molar refractivity (Wildman–Crippen MR) is 128 cm³/mol. The lowest BCUT2D eigenvalue weighted by Crippen LogP contribution is -2.49. The van der Waals surface area contributed by atoms with Crippen molar-refractivity contribution < 1.29 is 28.7 Å². The van der Waals surface area contributed by atoms with E-state index in [1.165, 1.54) is 0 Å². The number of likely N-dealkylation sites (tertiary alicyclic amines) is 1. The molecule has 0 aromatic heterocycles. The van der Waals surface area contributed by atoms with Crippen molar-refractivity contribution in [3.05, 3.63) is 35.4 Å². The number of carbonyl (C=O) groups is 5. The first-order valence-electron chi connectivity index (χ1n) is 12.0. The molecule has 1 atom stereocenters. The van der Waals surface area contributed by atoms with E-state index in [1.54, 1.807) is 56.9 Å². The fraction of sp³-hybridized carbons (Fsp3) is 0.560. The van der Waals surface area contributed by atoms with E-state index in [-0.39, 0.29) is 30.7 Å². The molecule has 0 bridgehead atoms. The van der Waals surface area contributed by atoms with E-state index in [4.69, 9.17) is 4.74 Å². The topological polar surface area (TPSA) is 125 Å². The van der Waals surface area contributed by atoms with Crippen molar-refractivity contribution in [2.75, 3.05) is 26.2 Å². The van der Waals surface area contributed by atoms with Gasteiger partial charge in [0.2, 0.25) is 11.8 Å². The van der Waals surface area contributed by atoms with Crippen LogP contribution in [0.3, 0.4) is 0 Å². The van der Waals surface area contributed by atoms with Crippen LogP contribution in [0.25, 0.3) is 0 Å². The number of hydrogen-bond donors (Lipinski definition) is 2. The number of hydrogen-bond acceptors (Lipinski definition) is 6. The molecule has 2 aliphatic heterocycles. The minimum atomic E-state index is -0.915. The summed E-state index contributed by atoms with van der Waals surface area (Å²) < 4.78 is 5.15. The summed E-state index contributed by atoms with van der Waals surface area (Å²) in [4.78, 5) is 64.7. The van der Waals surface area contributed by atoms with Crippen molar-refractivity contribution in [2.24, 2.45) is 5.92 Å². The van der Waals surface area contributed by atoms with Crippen LogP contribution in [0.5, 0.6) is 0 Å². The lowest BCUT2D eigenvalue weighted by Gasteiger charge is -2.32. The highest BCUT2D eigenvalue weighted by atomic mass is 16.6. The second kappa shape index (κ2) is 10.9. The fourth-order valence-corrected chi connectivity index (χ4v) is 4.20. The second-order valence-corrected chi connectivity index (χ2v) is 9.95. The number of nitrogens with zero attached hydrogens (tertiary/aromatic N) is 2. The summed E-state index contributed by atoms with van der Waals surface area (Å²) in [6.07, 6.45) is 1.10. The molecule has 2 aliphatic rings. The number of carbonyl (C=O) groups excluding carboxylic acids is 5. The van der Waals surface area contributed by atoms with Crippen LogP contribution in [-0.4, -0.2) is 77.3 Å². The number of piperidine rings is 1. The Hall–Kier alpha value is -3.43. The third-order valence-electron chi connectivity index (χ3n) is 6.13. The minimum absolute atomic E-state index is 0.0391. The van der Waals surface area contributed by atoms with Gasteiger partial charge in [-0.1, -0.05) is 12.1 Å². The number of rotatable bonds is 7. The van der Waals surface area contributed by atoms with Crippen LogP contribution in [-0.2, 0) is 14.3 Å². The van der Waals surface area contributed by atoms with Gasteiger partial charge in [-0.25, -0.2) is 4.79 Å². The zero-order valence-electron chi connectivity index (χ0n) is 20.8. The molecule has 1 aromatic carbocycles. The van der Waals surface area contributed by atoms with Crippen LogP contribution in [0.15, 0.2) is 24.3 Å². The Labute approximate surface area is 205 Å². The van der Waals surface area contributed by atoms with Gasteiger partial charge in [-0.15, -0.1) is 0 Å². The molecule has 10 heteroatoms. The van der Waals surface area contributed by atoms with E-state index in [0.717, 1.165) is 17.7 Å². The van der Waals surface area contributed by atoms with Gasteiger partial charge in [0, 0.05) is 32.6 Å². The smallest absolute Gasteiger partial charge is 0.407 e. The normalized spacial score (nSPS) is 17.1. The van der Waals surface area contributed by atoms with Crippen molar-refractivity contribution in [2.45, 2.75) is 58.6 Å². The number of ether oxygens (including phenoxy) is 1. The Morgan fingerprint density at radius 3 is 2.14 bits per heavy atom. The molecular formula is C25H34N4O6. The zero-order chi connectivity index (χ0) is 25.8. The van der Waals surface area contributed by atoms with Gasteiger partial charge >= 0.3 is 6.09 Å². The number of fused-ring (bicyclic) bond motifs is 1. The number of benzene rings is 1. The maximum absolute atomic E-state index is 12.7. The molecule has 0 saturated carbocycles. The van der Waals surface area contributed by atoms with Gasteiger partial charge in [-0.2, -0.15) is 0 Å². The highest BCUT2D eigenvalue weighted by Crippen LogP contribution is 2.24. The van der Waals surface area contributed by atoms with Crippen LogP contribution >= 0.6 is 0 Å². The molecule has 1 fully saturated rings. The maximum atomic E-state index is 12.7. The third kappa shape index (κ3) is 6.58. The molecule has 190 valence electrons. The van der Waals surface area contributed by atoms with Crippen molar-refractivity contribution >= 4 is 29.7 Å². The van der Waals surface area contributed by atoms with Crippen molar-refractivity contribution in [1.29, 1.82) is 0 Å². The molecule has 10 nitrogen and oxygen atoms in total. The molecule has 0 aliphatic carbocycles. The van der Waals surface area contributed by atoms with E-state index >= 15 is 0 Å². The average Bonchev–Trinajstić information content (AvgIpc) is 3.06. The molecule has 0 radical (unpaired) electrons. The first-order chi connectivity index (χ1) is 16.5. The van der Waals surface area contributed by atoms with E-state index < -0.39 is 29.6 Å². The van der Waals surface area contributed by atoms with Crippen molar-refractivity contribution in [3.63, 3.8) is 0 Å². The van der Waals surface area contributed by atoms with E-state index in [0.29, 0.717) is 30.8 Å². The Morgan fingerprint density at radius 1 is 1.03 bits per heavy atom. The number of imide groups is 1. The lowest BCUT2D eigenvalue weighted by molar-refractivity contribution is -0.132. The summed E-state index contributed by atoms with van der Waals surface area (Å²) in [5.74, 6) is -1.14. The zero-order valence-corrected chi connectivity index (χ0v) is 20.8. The molecule has 1 unspecified atom stereocenters. The van der Waals surface area contributed by atoms with Gasteiger partial charge in [0.15, 0.2) is 0 Å². The van der Waals surface area contributed by atoms with Gasteiger partial charge in [0.25, 0.3) is 11.8 Å². The summed E-state index contributed by atoms with van der Waals surface area (Å²) >= 11 is 0. The largest absolute Gasteiger partial charge is 0.444 e. The van der Waals surface area contributed by atoms with Crippen LogP contribution in [0, 0.1) is 5.92 Å². The first kappa shape index (κ1) is 26.2. The summed E-state index contributed by atoms with van der Waals surface area (Å²) in [7, 11) is 0. The fourth-order valence-electron chi connectivity index (χ4n) is 4.20. The molecule has 5 amide bonds. The molecule has 1 saturated heterocycles. The molecule has 3 rings (SSSR count). The van der Waals surface area contributed by atoms with Crippen LogP contribution in [0.1, 0.15) is 67.7 Å². The van der Waals surface area contributed by atoms with Crippen LogP contribution in [0.2, 0.25) is 0 Å². The summed E-state index contributed by atoms with van der Waals surface area (Å²) in [6, 6.07) is 5.63. The van der Waals surface area contributed by atoms with Crippen molar-refractivity contribution in [1.82, 2.24) is 20.4 Å². The van der Waals surface area contributed by atoms with E-state index in [1.807, 2.05) is 0 Å². The monoisotopic (exact) mass is 486 g/mol. The number of amides is 5. The molecule has 35 heavy (non-hydrogen) atoms. The highest BCUT2D eigenvalue weighted by Gasteiger charge is 2.40. The summed E-state index contributed by atoms with van der Waals surface area (Å²) in [5, 5.41) is 5.44. The van der Waals surface area contributed by atoms with E-state index in [9.17, 15) is 24.0 Å². The van der Waals surface area contributed by atoms with Gasteiger partial charge in [0.05, 0.1) is 11.1 Å². The Balaban J connectivity index is 1.38. The van der Waals surface area contributed by atoms with Gasteiger partial charge in [-0.3, -0.25) is 24.1 Å². The van der Waals surface area contributed by atoms with Gasteiger partial charge < -0.3 is 20.3 Å². The molecule has 0 spiro atoms. The predicted octanol–water partition coefficient (Wildman–Crippen LogP) is 1.94. The standard InChI is InChI=1S/C25H34N4O6/c1-16(29-22(32)18-7-5-6-8-19(18)23(29)33)21(31)27-15-17-10-13-28(14-11-17)20(30)9-12-26-24(34)35-25(2,3)4/h5-8,16-17H,9-15H2,1-4H3,(H,26,34)(H,27,31). The maximum Gasteiger partial charge on any atom is 0.407 e. The average molecular weight is 487 g/mol. The van der Waals surface area contributed by atoms with Gasteiger partial charge in [-0.05, 0) is 58.6 Å². The van der Waals surface area contributed by atoms with Crippen LogP contribution < -0.4 is 10.6 Å². The quantitative estimate of drug-likeness (QED) is 0.568.